The molecule has 6 nitrogen and oxygen atoms in total. The number of rotatable bonds is 6. The standard InChI is InChI=1S/C21H25F2N5O/c22-20-18(4-5-19(21(20)23)29-14-17-3-1-2-8-25-17)26-11-12-28(15-26)27-9-6-16(13-24)7-10-27/h1-5,8,11-12,16H,6-7,9-10,13-15,24H2. The lowest BCUT2D eigenvalue weighted by molar-refractivity contribution is -0.000263. The van der Waals surface area contributed by atoms with Crippen molar-refractivity contribution in [3.05, 3.63) is 66.3 Å². The van der Waals surface area contributed by atoms with Gasteiger partial charge in [0.25, 0.3) is 0 Å². The summed E-state index contributed by atoms with van der Waals surface area (Å²) in [6.07, 6.45) is 7.38. The van der Waals surface area contributed by atoms with Gasteiger partial charge >= 0.3 is 0 Å². The molecule has 0 unspecified atom stereocenters. The molecule has 1 aromatic heterocycles. The first-order valence-corrected chi connectivity index (χ1v) is 9.83. The van der Waals surface area contributed by atoms with E-state index in [-0.39, 0.29) is 18.0 Å². The predicted octanol–water partition coefficient (Wildman–Crippen LogP) is 3.08. The Morgan fingerprint density at radius 3 is 2.62 bits per heavy atom. The van der Waals surface area contributed by atoms with Crippen molar-refractivity contribution in [3.8, 4) is 5.75 Å². The molecule has 3 heterocycles. The van der Waals surface area contributed by atoms with Crippen LogP contribution in [0.2, 0.25) is 0 Å². The quantitative estimate of drug-likeness (QED) is 0.803. The second kappa shape index (κ2) is 8.75. The summed E-state index contributed by atoms with van der Waals surface area (Å²) in [7, 11) is 0. The highest BCUT2D eigenvalue weighted by molar-refractivity contribution is 5.54. The van der Waals surface area contributed by atoms with Crippen LogP contribution in [0.5, 0.6) is 5.75 Å². The van der Waals surface area contributed by atoms with Gasteiger partial charge in [0, 0.05) is 31.7 Å². The molecular weight excluding hydrogens is 376 g/mol. The van der Waals surface area contributed by atoms with E-state index < -0.39 is 11.6 Å². The van der Waals surface area contributed by atoms with E-state index >= 15 is 0 Å². The smallest absolute Gasteiger partial charge is 0.202 e. The molecule has 2 N–H and O–H groups in total. The summed E-state index contributed by atoms with van der Waals surface area (Å²) < 4.78 is 34.7. The van der Waals surface area contributed by atoms with Crippen LogP contribution < -0.4 is 15.4 Å². The minimum atomic E-state index is -0.992. The molecule has 154 valence electrons. The third-order valence-corrected chi connectivity index (χ3v) is 5.44. The van der Waals surface area contributed by atoms with Crippen LogP contribution in [0.4, 0.5) is 14.5 Å². The number of pyridine rings is 1. The minimum absolute atomic E-state index is 0.0761. The van der Waals surface area contributed by atoms with E-state index in [4.69, 9.17) is 10.5 Å². The number of nitrogens with two attached hydrogens (primary N) is 1. The number of piperidine rings is 1. The molecule has 2 aliphatic rings. The molecule has 8 heteroatoms. The average Bonchev–Trinajstić information content (AvgIpc) is 3.25. The molecule has 0 bridgehead atoms. The lowest BCUT2D eigenvalue weighted by Crippen LogP contribution is -2.46. The van der Waals surface area contributed by atoms with Gasteiger partial charge in [-0.1, -0.05) is 6.07 Å². The molecule has 0 radical (unpaired) electrons. The molecule has 1 fully saturated rings. The predicted molar refractivity (Wildman–Crippen MR) is 107 cm³/mol. The lowest BCUT2D eigenvalue weighted by atomic mass is 9.98. The number of ether oxygens (including phenoxy) is 1. The first kappa shape index (κ1) is 19.6. The van der Waals surface area contributed by atoms with Gasteiger partial charge < -0.3 is 15.4 Å². The number of hydrogen-bond donors (Lipinski definition) is 1. The number of hydrogen-bond acceptors (Lipinski definition) is 6. The lowest BCUT2D eigenvalue weighted by Gasteiger charge is -2.38. The summed E-state index contributed by atoms with van der Waals surface area (Å²) in [5.74, 6) is -1.47. The Labute approximate surface area is 169 Å². The number of hydrazine groups is 1. The first-order chi connectivity index (χ1) is 14.2. The summed E-state index contributed by atoms with van der Waals surface area (Å²) in [4.78, 5) is 5.80. The topological polar surface area (TPSA) is 57.9 Å². The monoisotopic (exact) mass is 401 g/mol. The maximum atomic E-state index is 14.7. The van der Waals surface area contributed by atoms with E-state index in [1.54, 1.807) is 35.5 Å². The summed E-state index contributed by atoms with van der Waals surface area (Å²) in [6, 6.07) is 8.37. The molecule has 1 saturated heterocycles. The van der Waals surface area contributed by atoms with Gasteiger partial charge in [0.2, 0.25) is 5.82 Å². The second-order valence-corrected chi connectivity index (χ2v) is 7.30. The van der Waals surface area contributed by atoms with E-state index in [9.17, 15) is 8.78 Å². The molecule has 4 rings (SSSR count). The Kier molecular flexibility index (Phi) is 5.92. The van der Waals surface area contributed by atoms with Crippen molar-refractivity contribution < 1.29 is 13.5 Å². The molecule has 1 aromatic carbocycles. The van der Waals surface area contributed by atoms with E-state index in [1.165, 1.54) is 6.07 Å². The van der Waals surface area contributed by atoms with Crippen molar-refractivity contribution in [3.63, 3.8) is 0 Å². The van der Waals surface area contributed by atoms with Crippen molar-refractivity contribution in [1.82, 2.24) is 15.0 Å². The fourth-order valence-corrected chi connectivity index (χ4v) is 3.65. The largest absolute Gasteiger partial charge is 0.484 e. The molecule has 0 spiro atoms. The molecule has 29 heavy (non-hydrogen) atoms. The van der Waals surface area contributed by atoms with Crippen LogP contribution in [0.1, 0.15) is 18.5 Å². The number of benzene rings is 1. The van der Waals surface area contributed by atoms with E-state index in [2.05, 4.69) is 9.99 Å². The van der Waals surface area contributed by atoms with Gasteiger partial charge in [-0.25, -0.2) is 9.40 Å². The van der Waals surface area contributed by atoms with Crippen molar-refractivity contribution in [1.29, 1.82) is 0 Å². The maximum Gasteiger partial charge on any atom is 0.202 e. The van der Waals surface area contributed by atoms with Gasteiger partial charge in [-0.3, -0.25) is 9.99 Å². The zero-order chi connectivity index (χ0) is 20.2. The third kappa shape index (κ3) is 4.33. The Morgan fingerprint density at radius 1 is 1.07 bits per heavy atom. The van der Waals surface area contributed by atoms with Crippen LogP contribution in [0.25, 0.3) is 0 Å². The fraction of sp³-hybridized carbons (Fsp3) is 0.381. The second-order valence-electron chi connectivity index (χ2n) is 7.30. The van der Waals surface area contributed by atoms with Gasteiger partial charge in [0.15, 0.2) is 11.6 Å². The Balaban J connectivity index is 1.39. The van der Waals surface area contributed by atoms with E-state index in [1.807, 2.05) is 17.3 Å². The maximum absolute atomic E-state index is 14.7. The van der Waals surface area contributed by atoms with Gasteiger partial charge in [0.1, 0.15) is 13.3 Å². The zero-order valence-corrected chi connectivity index (χ0v) is 16.2. The molecule has 0 amide bonds. The highest BCUT2D eigenvalue weighted by Gasteiger charge is 2.27. The van der Waals surface area contributed by atoms with Crippen molar-refractivity contribution in [2.45, 2.75) is 19.4 Å². The molecule has 0 saturated carbocycles. The molecule has 0 aliphatic carbocycles. The number of nitrogens with zero attached hydrogens (tertiary/aromatic N) is 4. The molecule has 2 aromatic rings. The third-order valence-electron chi connectivity index (χ3n) is 5.44. The number of halogens is 2. The van der Waals surface area contributed by atoms with E-state index in [0.717, 1.165) is 32.5 Å². The summed E-state index contributed by atoms with van der Waals surface area (Å²) >= 11 is 0. The average molecular weight is 401 g/mol. The van der Waals surface area contributed by atoms with Gasteiger partial charge in [-0.05, 0) is 49.6 Å². The molecular formula is C21H25F2N5O. The van der Waals surface area contributed by atoms with Crippen molar-refractivity contribution in [2.75, 3.05) is 31.2 Å². The van der Waals surface area contributed by atoms with Crippen LogP contribution in [-0.4, -0.2) is 41.3 Å². The van der Waals surface area contributed by atoms with Crippen LogP contribution in [0, 0.1) is 17.6 Å². The fourth-order valence-electron chi connectivity index (χ4n) is 3.65. The zero-order valence-electron chi connectivity index (χ0n) is 16.2. The van der Waals surface area contributed by atoms with Crippen LogP contribution in [-0.2, 0) is 6.61 Å². The number of aromatic nitrogens is 1. The molecule has 0 atom stereocenters. The first-order valence-electron chi connectivity index (χ1n) is 9.83. The highest BCUT2D eigenvalue weighted by Crippen LogP contribution is 2.31. The van der Waals surface area contributed by atoms with Gasteiger partial charge in [0.05, 0.1) is 11.4 Å². The van der Waals surface area contributed by atoms with Gasteiger partial charge in [-0.15, -0.1) is 0 Å². The normalized spacial score (nSPS) is 17.9. The Morgan fingerprint density at radius 2 is 1.90 bits per heavy atom. The van der Waals surface area contributed by atoms with Crippen molar-refractivity contribution in [2.24, 2.45) is 11.7 Å². The molecule has 2 aliphatic heterocycles. The Hall–Kier alpha value is -2.71. The summed E-state index contributed by atoms with van der Waals surface area (Å²) in [5.41, 5.74) is 6.58. The SMILES string of the molecule is NCC1CCN(N2C=CN(c3ccc(OCc4ccccn4)c(F)c3F)C2)CC1. The van der Waals surface area contributed by atoms with Crippen molar-refractivity contribution >= 4 is 5.69 Å². The van der Waals surface area contributed by atoms with E-state index in [0.29, 0.717) is 18.3 Å². The Bertz CT molecular complexity index is 856. The summed E-state index contributed by atoms with van der Waals surface area (Å²) in [6.45, 7) is 3.06. The van der Waals surface area contributed by atoms with Crippen LogP contribution in [0.3, 0.4) is 0 Å². The van der Waals surface area contributed by atoms with Gasteiger partial charge in [-0.2, -0.15) is 4.39 Å². The number of anilines is 1. The van der Waals surface area contributed by atoms with Crippen LogP contribution >= 0.6 is 0 Å². The summed E-state index contributed by atoms with van der Waals surface area (Å²) in [5, 5.41) is 4.26. The minimum Gasteiger partial charge on any atom is -0.484 e. The highest BCUT2D eigenvalue weighted by atomic mass is 19.2. The van der Waals surface area contributed by atoms with Crippen LogP contribution in [0.15, 0.2) is 48.9 Å².